The molecule has 0 radical (unpaired) electrons. The van der Waals surface area contributed by atoms with Crippen LogP contribution in [0.5, 0.6) is 0 Å². The van der Waals surface area contributed by atoms with Gasteiger partial charge < -0.3 is 16.5 Å². The standard InChI is InChI=1S/C5H8N4S2/c1-11-4-2(6)3(10)8-5(7)9-4/h6H2,1H3,(H3,7,8,9,10). The van der Waals surface area contributed by atoms with Crippen molar-refractivity contribution in [3.63, 3.8) is 0 Å². The maximum atomic E-state index is 5.59. The number of anilines is 2. The van der Waals surface area contributed by atoms with Crippen LogP contribution in [0.15, 0.2) is 5.03 Å². The lowest BCUT2D eigenvalue weighted by molar-refractivity contribution is 1.07. The predicted octanol–water partition coefficient (Wildman–Crippen LogP) is 1.03. The van der Waals surface area contributed by atoms with E-state index in [0.717, 1.165) is 0 Å². The topological polar surface area (TPSA) is 80.7 Å². The van der Waals surface area contributed by atoms with Crippen molar-refractivity contribution in [1.29, 1.82) is 0 Å². The first-order valence-corrected chi connectivity index (χ1v) is 4.47. The second-order valence-electron chi connectivity index (χ2n) is 1.87. The highest BCUT2D eigenvalue weighted by Crippen LogP contribution is 2.20. The summed E-state index contributed by atoms with van der Waals surface area (Å²) < 4.78 is 0.446. The van der Waals surface area contributed by atoms with Crippen LogP contribution < -0.4 is 11.5 Å². The van der Waals surface area contributed by atoms with E-state index >= 15 is 0 Å². The first kappa shape index (κ1) is 8.35. The number of aromatic nitrogens is 2. The molecule has 6 heteroatoms. The van der Waals surface area contributed by atoms with Gasteiger partial charge in [-0.15, -0.1) is 11.8 Å². The number of nitrogens with zero attached hydrogens (tertiary/aromatic N) is 1. The Kier molecular flexibility index (Phi) is 2.35. The van der Waals surface area contributed by atoms with Crippen molar-refractivity contribution in [3.05, 3.63) is 4.64 Å². The van der Waals surface area contributed by atoms with Gasteiger partial charge in [-0.05, 0) is 6.26 Å². The van der Waals surface area contributed by atoms with Crippen LogP contribution in [0.25, 0.3) is 0 Å². The fourth-order valence-electron chi connectivity index (χ4n) is 0.634. The van der Waals surface area contributed by atoms with E-state index in [9.17, 15) is 0 Å². The summed E-state index contributed by atoms with van der Waals surface area (Å²) in [7, 11) is 0. The van der Waals surface area contributed by atoms with Gasteiger partial charge in [-0.2, -0.15) is 0 Å². The Morgan fingerprint density at radius 1 is 1.55 bits per heavy atom. The first-order chi connectivity index (χ1) is 5.15. The Labute approximate surface area is 73.4 Å². The van der Waals surface area contributed by atoms with Crippen molar-refractivity contribution >= 4 is 35.6 Å². The third kappa shape index (κ3) is 1.63. The highest BCUT2D eigenvalue weighted by Gasteiger charge is 2.01. The Morgan fingerprint density at radius 2 is 2.18 bits per heavy atom. The lowest BCUT2D eigenvalue weighted by atomic mass is 10.6. The Bertz CT molecular complexity index is 319. The number of hydrogen-bond donors (Lipinski definition) is 3. The summed E-state index contributed by atoms with van der Waals surface area (Å²) in [4.78, 5) is 6.60. The molecule has 1 aromatic rings. The molecule has 0 atom stereocenters. The zero-order chi connectivity index (χ0) is 8.43. The molecule has 1 aromatic heterocycles. The molecule has 0 saturated heterocycles. The number of nitrogens with one attached hydrogen (secondary N) is 1. The van der Waals surface area contributed by atoms with Crippen molar-refractivity contribution in [2.45, 2.75) is 5.03 Å². The van der Waals surface area contributed by atoms with Crippen LogP contribution >= 0.6 is 24.0 Å². The van der Waals surface area contributed by atoms with Crippen LogP contribution in [-0.2, 0) is 0 Å². The smallest absolute Gasteiger partial charge is 0.199 e. The summed E-state index contributed by atoms with van der Waals surface area (Å²) in [6.45, 7) is 0. The second-order valence-corrected chi connectivity index (χ2v) is 3.08. The molecule has 0 aliphatic carbocycles. The average Bonchev–Trinajstić information content (AvgIpc) is 1.96. The minimum Gasteiger partial charge on any atom is -0.394 e. The second kappa shape index (κ2) is 3.10. The quantitative estimate of drug-likeness (QED) is 0.348. The van der Waals surface area contributed by atoms with E-state index < -0.39 is 0 Å². The molecule has 1 heterocycles. The molecular weight excluding hydrogens is 180 g/mol. The minimum atomic E-state index is 0.300. The molecule has 0 aromatic carbocycles. The average molecular weight is 188 g/mol. The van der Waals surface area contributed by atoms with Gasteiger partial charge in [0.1, 0.15) is 9.67 Å². The molecule has 0 spiro atoms. The molecule has 60 valence electrons. The minimum absolute atomic E-state index is 0.300. The van der Waals surface area contributed by atoms with Gasteiger partial charge in [-0.25, -0.2) is 4.98 Å². The van der Waals surface area contributed by atoms with Gasteiger partial charge in [0.05, 0.1) is 5.69 Å². The summed E-state index contributed by atoms with van der Waals surface area (Å²) in [6, 6.07) is 0. The third-order valence-electron chi connectivity index (χ3n) is 1.13. The molecule has 0 amide bonds. The monoisotopic (exact) mass is 188 g/mol. The van der Waals surface area contributed by atoms with E-state index in [1.165, 1.54) is 11.8 Å². The largest absolute Gasteiger partial charge is 0.394 e. The zero-order valence-electron chi connectivity index (χ0n) is 5.92. The summed E-state index contributed by atoms with van der Waals surface area (Å²) in [5.74, 6) is 0.300. The molecule has 0 unspecified atom stereocenters. The molecule has 5 N–H and O–H groups in total. The number of nitrogen functional groups attached to an aromatic ring is 2. The van der Waals surface area contributed by atoms with E-state index in [4.69, 9.17) is 23.7 Å². The molecule has 0 aliphatic heterocycles. The van der Waals surface area contributed by atoms with Gasteiger partial charge in [0.25, 0.3) is 0 Å². The number of nitrogens with two attached hydrogens (primary N) is 2. The molecule has 1 rings (SSSR count). The number of thioether (sulfide) groups is 1. The van der Waals surface area contributed by atoms with Gasteiger partial charge in [-0.3, -0.25) is 0 Å². The Hall–Kier alpha value is -0.750. The van der Waals surface area contributed by atoms with E-state index in [1.807, 2.05) is 6.26 Å². The van der Waals surface area contributed by atoms with Crippen LogP contribution in [0.4, 0.5) is 11.6 Å². The Balaban J connectivity index is 3.36. The molecule has 4 nitrogen and oxygen atoms in total. The number of H-pyrrole nitrogens is 1. The summed E-state index contributed by atoms with van der Waals surface area (Å²) in [6.07, 6.45) is 1.87. The van der Waals surface area contributed by atoms with Crippen molar-refractivity contribution in [3.8, 4) is 0 Å². The molecule has 0 aliphatic rings. The maximum absolute atomic E-state index is 5.59. The fourth-order valence-corrected chi connectivity index (χ4v) is 1.41. The maximum Gasteiger partial charge on any atom is 0.199 e. The predicted molar refractivity (Wildman–Crippen MR) is 50.0 cm³/mol. The normalized spacial score (nSPS) is 9.91. The van der Waals surface area contributed by atoms with Crippen molar-refractivity contribution < 1.29 is 0 Å². The number of rotatable bonds is 1. The summed E-state index contributed by atoms with van der Waals surface area (Å²) in [5.41, 5.74) is 11.5. The van der Waals surface area contributed by atoms with Crippen LogP contribution in [-0.4, -0.2) is 16.2 Å². The Morgan fingerprint density at radius 3 is 2.73 bits per heavy atom. The summed E-state index contributed by atoms with van der Waals surface area (Å²) >= 11 is 6.30. The lowest BCUT2D eigenvalue weighted by Gasteiger charge is -2.01. The van der Waals surface area contributed by atoms with Crippen molar-refractivity contribution in [2.24, 2.45) is 0 Å². The SMILES string of the molecule is CSc1nc(N)[nH]c(=S)c1N. The highest BCUT2D eigenvalue weighted by atomic mass is 32.2. The van der Waals surface area contributed by atoms with Gasteiger partial charge in [0, 0.05) is 0 Å². The van der Waals surface area contributed by atoms with Crippen LogP contribution in [0.2, 0.25) is 0 Å². The fraction of sp³-hybridized carbons (Fsp3) is 0.200. The first-order valence-electron chi connectivity index (χ1n) is 2.84. The van der Waals surface area contributed by atoms with Crippen molar-refractivity contribution in [1.82, 2.24) is 9.97 Å². The van der Waals surface area contributed by atoms with Gasteiger partial charge in [0.2, 0.25) is 0 Å². The molecule has 11 heavy (non-hydrogen) atoms. The molecular formula is C5H8N4S2. The molecule has 0 bridgehead atoms. The van der Waals surface area contributed by atoms with Crippen LogP contribution in [0.3, 0.4) is 0 Å². The van der Waals surface area contributed by atoms with E-state index in [0.29, 0.717) is 21.3 Å². The van der Waals surface area contributed by atoms with Crippen LogP contribution in [0, 0.1) is 4.64 Å². The third-order valence-corrected chi connectivity index (χ3v) is 2.15. The number of hydrogen-bond acceptors (Lipinski definition) is 5. The summed E-state index contributed by atoms with van der Waals surface area (Å²) in [5, 5.41) is 0.672. The van der Waals surface area contributed by atoms with Crippen molar-refractivity contribution in [2.75, 3.05) is 17.7 Å². The van der Waals surface area contributed by atoms with E-state index in [2.05, 4.69) is 9.97 Å². The molecule has 0 fully saturated rings. The van der Waals surface area contributed by atoms with E-state index in [1.54, 1.807) is 0 Å². The highest BCUT2D eigenvalue weighted by molar-refractivity contribution is 7.98. The molecule has 0 saturated carbocycles. The van der Waals surface area contributed by atoms with Gasteiger partial charge in [-0.1, -0.05) is 12.2 Å². The van der Waals surface area contributed by atoms with E-state index in [-0.39, 0.29) is 0 Å². The zero-order valence-corrected chi connectivity index (χ0v) is 7.55. The lowest BCUT2D eigenvalue weighted by Crippen LogP contribution is -2.00. The van der Waals surface area contributed by atoms with Gasteiger partial charge >= 0.3 is 0 Å². The van der Waals surface area contributed by atoms with Gasteiger partial charge in [0.15, 0.2) is 5.95 Å². The van der Waals surface area contributed by atoms with Crippen LogP contribution in [0.1, 0.15) is 0 Å². The number of aromatic amines is 1.